The second-order valence-electron chi connectivity index (χ2n) is 8.65. The number of hydrogen-bond donors (Lipinski definition) is 0. The van der Waals surface area contributed by atoms with Crippen LogP contribution in [0.1, 0.15) is 26.7 Å². The third-order valence-corrected chi connectivity index (χ3v) is 5.87. The normalized spacial score (nSPS) is 11.0. The summed E-state index contributed by atoms with van der Waals surface area (Å²) in [4.78, 5) is 9.26. The highest BCUT2D eigenvalue weighted by molar-refractivity contribution is 5.80. The van der Waals surface area contributed by atoms with Crippen molar-refractivity contribution in [2.45, 2.75) is 26.7 Å². The molecule has 1 heterocycles. The summed E-state index contributed by atoms with van der Waals surface area (Å²) >= 11 is 0. The highest BCUT2D eigenvalue weighted by atomic mass is 19.1. The van der Waals surface area contributed by atoms with E-state index in [1.165, 1.54) is 11.8 Å². The molecular formula is C29H32FN3O. The van der Waals surface area contributed by atoms with Gasteiger partial charge in [0.25, 0.3) is 0 Å². The molecule has 0 N–H and O–H groups in total. The first kappa shape index (κ1) is 23.6. The van der Waals surface area contributed by atoms with Crippen molar-refractivity contribution >= 4 is 11.4 Å². The van der Waals surface area contributed by atoms with Crippen molar-refractivity contribution in [1.82, 2.24) is 4.98 Å². The van der Waals surface area contributed by atoms with E-state index in [9.17, 15) is 4.39 Å². The van der Waals surface area contributed by atoms with Crippen LogP contribution in [0, 0.1) is 5.82 Å². The molecular weight excluding hydrogens is 425 g/mol. The van der Waals surface area contributed by atoms with Gasteiger partial charge in [0.2, 0.25) is 5.89 Å². The first-order chi connectivity index (χ1) is 16.5. The SMILES string of the molecule is CCCN(CCC)c1ccc(-c2nc(-c3ccc(N(C)C)cc3)c(-c3ccccc3F)o2)cc1. The molecule has 0 bridgehead atoms. The Labute approximate surface area is 201 Å². The number of hydrogen-bond acceptors (Lipinski definition) is 4. The lowest BCUT2D eigenvalue weighted by atomic mass is 10.0. The number of nitrogens with zero attached hydrogens (tertiary/aromatic N) is 3. The fourth-order valence-corrected chi connectivity index (χ4v) is 4.11. The van der Waals surface area contributed by atoms with E-state index >= 15 is 0 Å². The van der Waals surface area contributed by atoms with Gasteiger partial charge in [0.05, 0.1) is 5.56 Å². The molecule has 0 amide bonds. The lowest BCUT2D eigenvalue weighted by molar-refractivity contribution is 0.575. The molecule has 0 radical (unpaired) electrons. The molecule has 34 heavy (non-hydrogen) atoms. The summed E-state index contributed by atoms with van der Waals surface area (Å²) in [5.74, 6) is 0.587. The van der Waals surface area contributed by atoms with E-state index in [4.69, 9.17) is 9.40 Å². The molecule has 176 valence electrons. The molecule has 0 aliphatic carbocycles. The maximum absolute atomic E-state index is 14.7. The highest BCUT2D eigenvalue weighted by Gasteiger charge is 2.20. The Morgan fingerprint density at radius 1 is 0.765 bits per heavy atom. The Bertz CT molecular complexity index is 1210. The minimum atomic E-state index is -0.332. The Kier molecular flexibility index (Phi) is 7.31. The Balaban J connectivity index is 1.76. The minimum absolute atomic E-state index is 0.332. The summed E-state index contributed by atoms with van der Waals surface area (Å²) in [5, 5.41) is 0. The molecule has 4 rings (SSSR count). The first-order valence-electron chi connectivity index (χ1n) is 11.9. The van der Waals surface area contributed by atoms with Crippen molar-refractivity contribution in [3.63, 3.8) is 0 Å². The second-order valence-corrected chi connectivity index (χ2v) is 8.65. The van der Waals surface area contributed by atoms with E-state index in [-0.39, 0.29) is 5.82 Å². The van der Waals surface area contributed by atoms with Crippen LogP contribution >= 0.6 is 0 Å². The van der Waals surface area contributed by atoms with Crippen LogP contribution in [0.3, 0.4) is 0 Å². The third kappa shape index (κ3) is 4.98. The molecule has 0 spiro atoms. The Morgan fingerprint density at radius 3 is 1.94 bits per heavy atom. The molecule has 0 saturated carbocycles. The molecule has 0 fully saturated rings. The molecule has 4 nitrogen and oxygen atoms in total. The van der Waals surface area contributed by atoms with Gasteiger partial charge in [-0.1, -0.05) is 38.1 Å². The molecule has 3 aromatic carbocycles. The van der Waals surface area contributed by atoms with Crippen LogP contribution in [-0.4, -0.2) is 32.2 Å². The zero-order valence-electron chi connectivity index (χ0n) is 20.4. The van der Waals surface area contributed by atoms with Gasteiger partial charge in [0.15, 0.2) is 5.76 Å². The van der Waals surface area contributed by atoms with Gasteiger partial charge in [-0.15, -0.1) is 0 Å². The summed E-state index contributed by atoms with van der Waals surface area (Å²) in [6.07, 6.45) is 2.20. The van der Waals surface area contributed by atoms with Crippen molar-refractivity contribution < 1.29 is 8.81 Å². The zero-order valence-corrected chi connectivity index (χ0v) is 20.4. The average molecular weight is 458 g/mol. The van der Waals surface area contributed by atoms with Crippen LogP contribution in [0.5, 0.6) is 0 Å². The van der Waals surface area contributed by atoms with Crippen molar-refractivity contribution in [2.24, 2.45) is 0 Å². The van der Waals surface area contributed by atoms with Gasteiger partial charge in [0, 0.05) is 49.7 Å². The third-order valence-electron chi connectivity index (χ3n) is 5.87. The lowest BCUT2D eigenvalue weighted by Crippen LogP contribution is -2.24. The fraction of sp³-hybridized carbons (Fsp3) is 0.276. The number of rotatable bonds is 9. The molecule has 4 aromatic rings. The smallest absolute Gasteiger partial charge is 0.227 e. The van der Waals surface area contributed by atoms with Gasteiger partial charge < -0.3 is 14.2 Å². The van der Waals surface area contributed by atoms with E-state index in [1.807, 2.05) is 61.5 Å². The quantitative estimate of drug-likeness (QED) is 0.260. The topological polar surface area (TPSA) is 32.5 Å². The largest absolute Gasteiger partial charge is 0.435 e. The zero-order chi connectivity index (χ0) is 24.1. The monoisotopic (exact) mass is 457 g/mol. The molecule has 0 aliphatic heterocycles. The van der Waals surface area contributed by atoms with Crippen molar-refractivity contribution in [2.75, 3.05) is 37.0 Å². The molecule has 5 heteroatoms. The maximum Gasteiger partial charge on any atom is 0.227 e. The van der Waals surface area contributed by atoms with Gasteiger partial charge in [-0.2, -0.15) is 0 Å². The lowest BCUT2D eigenvalue weighted by Gasteiger charge is -2.23. The maximum atomic E-state index is 14.7. The number of aromatic nitrogens is 1. The number of benzene rings is 3. The Morgan fingerprint density at radius 2 is 1.35 bits per heavy atom. The summed E-state index contributed by atoms with van der Waals surface area (Å²) in [7, 11) is 4.00. The van der Waals surface area contributed by atoms with E-state index in [0.717, 1.165) is 42.7 Å². The summed E-state index contributed by atoms with van der Waals surface area (Å²) in [5.41, 5.74) is 5.06. The van der Waals surface area contributed by atoms with Gasteiger partial charge in [0.1, 0.15) is 11.5 Å². The van der Waals surface area contributed by atoms with E-state index in [1.54, 1.807) is 12.1 Å². The van der Waals surface area contributed by atoms with Crippen LogP contribution in [-0.2, 0) is 0 Å². The molecule has 0 unspecified atom stereocenters. The number of halogens is 1. The minimum Gasteiger partial charge on any atom is -0.435 e. The fourth-order valence-electron chi connectivity index (χ4n) is 4.11. The molecule has 1 aromatic heterocycles. The second kappa shape index (κ2) is 10.6. The van der Waals surface area contributed by atoms with Gasteiger partial charge in [-0.25, -0.2) is 9.37 Å². The van der Waals surface area contributed by atoms with E-state index < -0.39 is 0 Å². The van der Waals surface area contributed by atoms with E-state index in [2.05, 4.69) is 30.9 Å². The van der Waals surface area contributed by atoms with Gasteiger partial charge in [-0.05, 0) is 61.4 Å². The molecule has 0 saturated heterocycles. The van der Waals surface area contributed by atoms with E-state index in [0.29, 0.717) is 22.9 Å². The van der Waals surface area contributed by atoms with Gasteiger partial charge in [-0.3, -0.25) is 0 Å². The van der Waals surface area contributed by atoms with Crippen molar-refractivity contribution in [3.8, 4) is 34.0 Å². The average Bonchev–Trinajstić information content (AvgIpc) is 3.29. The van der Waals surface area contributed by atoms with Gasteiger partial charge >= 0.3 is 0 Å². The standard InChI is InChI=1S/C29H32FN3O/c1-5-19-33(20-6-2)24-17-13-22(14-18-24)29-31-27(21-11-15-23(16-12-21)32(3)4)28(34-29)25-9-7-8-10-26(25)30/h7-18H,5-6,19-20H2,1-4H3. The predicted octanol–water partition coefficient (Wildman–Crippen LogP) is 7.51. The number of anilines is 2. The number of oxazole rings is 1. The summed E-state index contributed by atoms with van der Waals surface area (Å²) in [6, 6.07) is 23.0. The van der Waals surface area contributed by atoms with Crippen LogP contribution < -0.4 is 9.80 Å². The van der Waals surface area contributed by atoms with Crippen molar-refractivity contribution in [1.29, 1.82) is 0 Å². The van der Waals surface area contributed by atoms with Crippen molar-refractivity contribution in [3.05, 3.63) is 78.6 Å². The Hall–Kier alpha value is -3.60. The highest BCUT2D eigenvalue weighted by Crippen LogP contribution is 2.37. The van der Waals surface area contributed by atoms with Crippen LogP contribution in [0.15, 0.2) is 77.2 Å². The molecule has 0 atom stereocenters. The predicted molar refractivity (Wildman–Crippen MR) is 140 cm³/mol. The summed E-state index contributed by atoms with van der Waals surface area (Å²) in [6.45, 7) is 6.44. The first-order valence-corrected chi connectivity index (χ1v) is 11.9. The van der Waals surface area contributed by atoms with Crippen LogP contribution in [0.2, 0.25) is 0 Å². The molecule has 0 aliphatic rings. The summed E-state index contributed by atoms with van der Waals surface area (Å²) < 4.78 is 21.0. The van der Waals surface area contributed by atoms with Crippen LogP contribution in [0.4, 0.5) is 15.8 Å². The van der Waals surface area contributed by atoms with Crippen LogP contribution in [0.25, 0.3) is 34.0 Å².